The minimum Gasteiger partial charge on any atom is -0.483 e. The van der Waals surface area contributed by atoms with Gasteiger partial charge in [0.25, 0.3) is 12.9 Å². The lowest BCUT2D eigenvalue weighted by molar-refractivity contribution is -0.123. The molecule has 3 N–H and O–H groups in total. The zero-order chi connectivity index (χ0) is 24.3. The number of likely N-dealkylation sites (tertiary alicyclic amines) is 2. The normalized spacial score (nSPS) is 27.0. The highest BCUT2D eigenvalue weighted by Crippen LogP contribution is 2.41. The second-order valence-corrected chi connectivity index (χ2v) is 10.2. The van der Waals surface area contributed by atoms with Gasteiger partial charge in [-0.05, 0) is 67.6 Å². The number of carbonyl (C=O) groups is 2. The number of nitrogens with zero attached hydrogens (tertiary/aromatic N) is 5. The largest absolute Gasteiger partial charge is 0.483 e. The van der Waals surface area contributed by atoms with Gasteiger partial charge in [-0.1, -0.05) is 6.42 Å². The lowest BCUT2D eigenvalue weighted by atomic mass is 9.77. The van der Waals surface area contributed by atoms with Gasteiger partial charge in [-0.25, -0.2) is 9.67 Å². The quantitative estimate of drug-likeness (QED) is 0.536. The van der Waals surface area contributed by atoms with Gasteiger partial charge in [0, 0.05) is 31.1 Å². The number of piperidine rings is 1. The summed E-state index contributed by atoms with van der Waals surface area (Å²) in [5.74, 6) is 1.27. The van der Waals surface area contributed by atoms with Gasteiger partial charge >= 0.3 is 0 Å². The Hall–Kier alpha value is -2.34. The highest BCUT2D eigenvalue weighted by molar-refractivity contribution is 7.10. The lowest BCUT2D eigenvalue weighted by Crippen LogP contribution is -2.36. The Bertz CT molecular complexity index is 852. The number of fused-ring (bicyclic) bond motifs is 1. The maximum absolute atomic E-state index is 10.6. The summed E-state index contributed by atoms with van der Waals surface area (Å²) in [6.07, 6.45) is 9.01. The van der Waals surface area contributed by atoms with Gasteiger partial charge < -0.3 is 15.3 Å². The molecule has 1 saturated carbocycles. The van der Waals surface area contributed by atoms with Crippen molar-refractivity contribution in [1.29, 1.82) is 0 Å². The zero-order valence-electron chi connectivity index (χ0n) is 19.4. The van der Waals surface area contributed by atoms with Gasteiger partial charge in [-0.2, -0.15) is 5.10 Å². The van der Waals surface area contributed by atoms with Gasteiger partial charge in [0.1, 0.15) is 12.7 Å². The Morgan fingerprint density at radius 2 is 1.68 bits per heavy atom. The molecule has 3 aliphatic rings. The van der Waals surface area contributed by atoms with Crippen molar-refractivity contribution >= 4 is 24.3 Å². The van der Waals surface area contributed by atoms with Crippen LogP contribution in [0.25, 0.3) is 0 Å². The van der Waals surface area contributed by atoms with Crippen LogP contribution in [-0.4, -0.2) is 85.1 Å². The summed E-state index contributed by atoms with van der Waals surface area (Å²) in [6, 6.07) is 2.51. The van der Waals surface area contributed by atoms with E-state index in [2.05, 4.69) is 31.3 Å². The van der Waals surface area contributed by atoms with E-state index in [0.29, 0.717) is 11.8 Å². The molecule has 0 unspecified atom stereocenters. The number of carboxylic acid groups (broad SMARTS) is 2. The average molecular weight is 494 g/mol. The summed E-state index contributed by atoms with van der Waals surface area (Å²) < 4.78 is 1.86. The third-order valence-electron chi connectivity index (χ3n) is 6.90. The highest BCUT2D eigenvalue weighted by Gasteiger charge is 2.42. The van der Waals surface area contributed by atoms with E-state index in [1.807, 2.05) is 16.0 Å². The smallest absolute Gasteiger partial charge is 0.290 e. The third-order valence-corrected chi connectivity index (χ3v) is 7.87. The third kappa shape index (κ3) is 7.33. The van der Waals surface area contributed by atoms with Crippen LogP contribution in [0, 0.1) is 11.8 Å². The molecule has 1 aliphatic carbocycles. The molecule has 0 spiro atoms. The number of hydrogen-bond donors (Lipinski definition) is 3. The monoisotopic (exact) mass is 493 g/mol. The van der Waals surface area contributed by atoms with Crippen LogP contribution in [0.4, 0.5) is 0 Å². The van der Waals surface area contributed by atoms with Gasteiger partial charge in [0.15, 0.2) is 0 Å². The van der Waals surface area contributed by atoms with Gasteiger partial charge in [-0.3, -0.25) is 19.4 Å². The average Bonchev–Trinajstić information content (AvgIpc) is 3.57. The maximum Gasteiger partial charge on any atom is 0.290 e. The van der Waals surface area contributed by atoms with E-state index in [9.17, 15) is 5.11 Å². The fourth-order valence-corrected chi connectivity index (χ4v) is 6.42. The van der Waals surface area contributed by atoms with Crippen molar-refractivity contribution in [3.8, 4) is 0 Å². The van der Waals surface area contributed by atoms with Gasteiger partial charge in [0.05, 0.1) is 12.1 Å². The Balaban J connectivity index is 0.000000492. The first-order chi connectivity index (χ1) is 16.6. The fraction of sp³-hybridized carbons (Fsp3) is 0.652. The zero-order valence-corrected chi connectivity index (χ0v) is 20.2. The first kappa shape index (κ1) is 26.3. The lowest BCUT2D eigenvalue weighted by Gasteiger charge is -2.35. The molecule has 5 rings (SSSR count). The van der Waals surface area contributed by atoms with E-state index in [-0.39, 0.29) is 25.1 Å². The van der Waals surface area contributed by atoms with E-state index in [4.69, 9.17) is 19.8 Å². The van der Waals surface area contributed by atoms with Crippen molar-refractivity contribution in [2.45, 2.75) is 57.3 Å². The standard InChI is InChI=1S/C21H31N5OS.2CH2O2/c27-21-8-18-11-25(10-17(18)7-20(21)26-15-22-14-23-26)12-19-6-16(13-28-19)9-24-4-2-1-3-5-24;2*2-1-3/h6,13-15,17-18,20-21,27H,1-5,7-12H2;2*1H,(H,2,3)/t17-,18+,20-,21-;;/m1../s1. The van der Waals surface area contributed by atoms with Crippen LogP contribution in [0.5, 0.6) is 0 Å². The molecule has 2 aromatic rings. The van der Waals surface area contributed by atoms with E-state index < -0.39 is 0 Å². The Labute approximate surface area is 203 Å². The molecule has 10 nitrogen and oxygen atoms in total. The molecular formula is C23H35N5O5S. The van der Waals surface area contributed by atoms with Crippen LogP contribution < -0.4 is 0 Å². The van der Waals surface area contributed by atoms with Crippen LogP contribution in [0.2, 0.25) is 0 Å². The predicted octanol–water partition coefficient (Wildman–Crippen LogP) is 2.17. The van der Waals surface area contributed by atoms with Crippen LogP contribution in [0.1, 0.15) is 48.6 Å². The van der Waals surface area contributed by atoms with Gasteiger partial charge in [-0.15, -0.1) is 11.3 Å². The molecule has 2 aliphatic heterocycles. The molecular weight excluding hydrogens is 458 g/mol. The summed E-state index contributed by atoms with van der Waals surface area (Å²) in [4.78, 5) is 27.5. The number of rotatable bonds is 5. The van der Waals surface area contributed by atoms with Crippen molar-refractivity contribution < 1.29 is 24.9 Å². The molecule has 34 heavy (non-hydrogen) atoms. The van der Waals surface area contributed by atoms with Gasteiger partial charge in [0.2, 0.25) is 0 Å². The van der Waals surface area contributed by atoms with E-state index in [0.717, 1.165) is 39.0 Å². The van der Waals surface area contributed by atoms with E-state index >= 15 is 0 Å². The molecule has 0 amide bonds. The summed E-state index contributed by atoms with van der Waals surface area (Å²) in [6.45, 7) is 6.45. The Morgan fingerprint density at radius 1 is 1.00 bits per heavy atom. The maximum atomic E-state index is 10.6. The molecule has 4 atom stereocenters. The van der Waals surface area contributed by atoms with Crippen molar-refractivity contribution in [3.63, 3.8) is 0 Å². The van der Waals surface area contributed by atoms with Crippen molar-refractivity contribution in [2.24, 2.45) is 11.8 Å². The van der Waals surface area contributed by atoms with Crippen LogP contribution >= 0.6 is 11.3 Å². The van der Waals surface area contributed by atoms with Crippen LogP contribution in [-0.2, 0) is 22.7 Å². The second-order valence-electron chi connectivity index (χ2n) is 9.16. The molecule has 188 valence electrons. The predicted molar refractivity (Wildman–Crippen MR) is 127 cm³/mol. The molecule has 4 heterocycles. The van der Waals surface area contributed by atoms with Crippen molar-refractivity contribution in [1.82, 2.24) is 24.6 Å². The minimum atomic E-state index is -0.305. The summed E-state index contributed by atoms with van der Waals surface area (Å²) in [5, 5.41) is 31.0. The number of thiophene rings is 1. The topological polar surface area (TPSA) is 132 Å². The molecule has 3 fully saturated rings. The van der Waals surface area contributed by atoms with Crippen molar-refractivity contribution in [3.05, 3.63) is 34.5 Å². The summed E-state index contributed by atoms with van der Waals surface area (Å²) in [5.41, 5.74) is 1.49. The second kappa shape index (κ2) is 13.5. The first-order valence-electron chi connectivity index (χ1n) is 11.8. The highest BCUT2D eigenvalue weighted by atomic mass is 32.1. The summed E-state index contributed by atoms with van der Waals surface area (Å²) >= 11 is 1.92. The van der Waals surface area contributed by atoms with Crippen molar-refractivity contribution in [2.75, 3.05) is 26.2 Å². The molecule has 11 heteroatoms. The summed E-state index contributed by atoms with van der Waals surface area (Å²) in [7, 11) is 0. The Kier molecular flexibility index (Phi) is 10.4. The molecule has 2 aromatic heterocycles. The number of aliphatic hydroxyl groups excluding tert-OH is 1. The molecule has 2 saturated heterocycles. The minimum absolute atomic E-state index is 0.0848. The Morgan fingerprint density at radius 3 is 2.32 bits per heavy atom. The molecule has 0 bridgehead atoms. The number of hydrogen-bond acceptors (Lipinski definition) is 8. The first-order valence-corrected chi connectivity index (χ1v) is 12.6. The van der Waals surface area contributed by atoms with E-state index in [1.165, 1.54) is 42.8 Å². The number of aromatic nitrogens is 3. The molecule has 0 aromatic carbocycles. The number of aliphatic hydroxyl groups is 1. The SMILES string of the molecule is O=CO.O=CO.O[C@@H]1C[C@H]2CN(Cc3cc(CN4CCCCC4)cs3)C[C@H]2C[C@H]1n1cncn1. The van der Waals surface area contributed by atoms with Crippen LogP contribution in [0.15, 0.2) is 24.1 Å². The fourth-order valence-electron chi connectivity index (χ4n) is 5.49. The van der Waals surface area contributed by atoms with E-state index in [1.54, 1.807) is 12.7 Å². The molecule has 0 radical (unpaired) electrons. The van der Waals surface area contributed by atoms with Crippen LogP contribution in [0.3, 0.4) is 0 Å².